The van der Waals surface area contributed by atoms with Gasteiger partial charge in [-0.05, 0) is 38.8 Å². The molecular formula is C18H24O6. The SMILES string of the molecule is CCC(C)OC(=O)C(=Cc1cccc(O)c1O)C(=O)OC(C)CC. The average molecular weight is 336 g/mol. The zero-order valence-corrected chi connectivity index (χ0v) is 14.4. The third-order valence-corrected chi connectivity index (χ3v) is 3.55. The van der Waals surface area contributed by atoms with Crippen LogP contribution in [0.25, 0.3) is 6.08 Å². The van der Waals surface area contributed by atoms with Crippen molar-refractivity contribution in [1.82, 2.24) is 0 Å². The number of carbonyl (C=O) groups is 2. The largest absolute Gasteiger partial charge is 0.504 e. The van der Waals surface area contributed by atoms with Crippen LogP contribution < -0.4 is 0 Å². The molecule has 0 amide bonds. The van der Waals surface area contributed by atoms with Gasteiger partial charge in [0, 0.05) is 5.56 Å². The Morgan fingerprint density at radius 2 is 1.54 bits per heavy atom. The maximum atomic E-state index is 12.3. The van der Waals surface area contributed by atoms with E-state index in [0.29, 0.717) is 12.8 Å². The molecule has 2 atom stereocenters. The number of hydrogen-bond donors (Lipinski definition) is 2. The monoisotopic (exact) mass is 336 g/mol. The molecule has 0 radical (unpaired) electrons. The van der Waals surface area contributed by atoms with E-state index in [0.717, 1.165) is 6.08 Å². The highest BCUT2D eigenvalue weighted by atomic mass is 16.6. The molecule has 6 heteroatoms. The van der Waals surface area contributed by atoms with Gasteiger partial charge < -0.3 is 19.7 Å². The van der Waals surface area contributed by atoms with E-state index in [9.17, 15) is 19.8 Å². The lowest BCUT2D eigenvalue weighted by molar-refractivity contribution is -0.151. The van der Waals surface area contributed by atoms with Gasteiger partial charge >= 0.3 is 11.9 Å². The van der Waals surface area contributed by atoms with Gasteiger partial charge in [0.15, 0.2) is 11.5 Å². The predicted molar refractivity (Wildman–Crippen MR) is 89.4 cm³/mol. The molecule has 0 saturated heterocycles. The van der Waals surface area contributed by atoms with Gasteiger partial charge in [-0.1, -0.05) is 26.0 Å². The van der Waals surface area contributed by atoms with Gasteiger partial charge in [-0.3, -0.25) is 0 Å². The lowest BCUT2D eigenvalue weighted by atomic mass is 10.1. The summed E-state index contributed by atoms with van der Waals surface area (Å²) >= 11 is 0. The van der Waals surface area contributed by atoms with Crippen molar-refractivity contribution < 1.29 is 29.3 Å². The molecule has 24 heavy (non-hydrogen) atoms. The fraction of sp³-hybridized carbons (Fsp3) is 0.444. The summed E-state index contributed by atoms with van der Waals surface area (Å²) in [5.74, 6) is -2.45. The topological polar surface area (TPSA) is 93.1 Å². The molecule has 2 unspecified atom stereocenters. The highest BCUT2D eigenvalue weighted by Gasteiger charge is 2.25. The first-order valence-corrected chi connectivity index (χ1v) is 7.94. The normalized spacial score (nSPS) is 12.8. The lowest BCUT2D eigenvalue weighted by Gasteiger charge is -2.15. The Morgan fingerprint density at radius 3 is 2.00 bits per heavy atom. The summed E-state index contributed by atoms with van der Waals surface area (Å²) in [5, 5.41) is 19.4. The van der Waals surface area contributed by atoms with E-state index in [2.05, 4.69) is 0 Å². The van der Waals surface area contributed by atoms with Gasteiger partial charge in [0.2, 0.25) is 0 Å². The quantitative estimate of drug-likeness (QED) is 0.261. The predicted octanol–water partition coefficient (Wildman–Crippen LogP) is 3.16. The van der Waals surface area contributed by atoms with Gasteiger partial charge in [-0.15, -0.1) is 0 Å². The van der Waals surface area contributed by atoms with Crippen LogP contribution in [0.1, 0.15) is 46.1 Å². The van der Waals surface area contributed by atoms with Crippen LogP contribution in [0.2, 0.25) is 0 Å². The maximum Gasteiger partial charge on any atom is 0.345 e. The second-order valence-electron chi connectivity index (χ2n) is 5.52. The number of phenolic OH excluding ortho intramolecular Hbond substituents is 2. The van der Waals surface area contributed by atoms with Crippen molar-refractivity contribution >= 4 is 18.0 Å². The third kappa shape index (κ3) is 5.30. The average Bonchev–Trinajstić information content (AvgIpc) is 2.55. The first-order chi connectivity index (χ1) is 11.3. The standard InChI is InChI=1S/C18H24O6/c1-5-11(3)23-17(21)14(18(22)24-12(4)6-2)10-13-8-7-9-15(19)16(13)20/h7-12,19-20H,5-6H2,1-4H3. The minimum absolute atomic E-state index is 0.118. The Morgan fingerprint density at radius 1 is 1.04 bits per heavy atom. The molecule has 0 saturated carbocycles. The first-order valence-electron chi connectivity index (χ1n) is 7.94. The van der Waals surface area contributed by atoms with Gasteiger partial charge in [0.1, 0.15) is 5.57 Å². The van der Waals surface area contributed by atoms with Crippen LogP contribution in [0, 0.1) is 0 Å². The zero-order chi connectivity index (χ0) is 18.3. The van der Waals surface area contributed by atoms with Crippen LogP contribution in [-0.2, 0) is 19.1 Å². The second kappa shape index (κ2) is 8.96. The number of hydrogen-bond acceptors (Lipinski definition) is 6. The fourth-order valence-electron chi connectivity index (χ4n) is 1.68. The van der Waals surface area contributed by atoms with E-state index in [1.807, 2.05) is 13.8 Å². The summed E-state index contributed by atoms with van der Waals surface area (Å²) in [5.41, 5.74) is -0.219. The number of benzene rings is 1. The van der Waals surface area contributed by atoms with Crippen LogP contribution in [0.4, 0.5) is 0 Å². The first kappa shape index (κ1) is 19.5. The Kier molecular flexibility index (Phi) is 7.30. The number of ether oxygens (including phenoxy) is 2. The van der Waals surface area contributed by atoms with E-state index >= 15 is 0 Å². The molecule has 1 aromatic rings. The van der Waals surface area contributed by atoms with Crippen molar-refractivity contribution in [3.05, 3.63) is 29.3 Å². The summed E-state index contributed by atoms with van der Waals surface area (Å²) in [7, 11) is 0. The van der Waals surface area contributed by atoms with Crippen LogP contribution >= 0.6 is 0 Å². The number of esters is 2. The summed E-state index contributed by atoms with van der Waals surface area (Å²) < 4.78 is 10.4. The second-order valence-corrected chi connectivity index (χ2v) is 5.52. The molecule has 0 aliphatic rings. The van der Waals surface area contributed by atoms with Crippen molar-refractivity contribution in [2.75, 3.05) is 0 Å². The molecule has 0 heterocycles. The number of aromatic hydroxyl groups is 2. The van der Waals surface area contributed by atoms with Crippen molar-refractivity contribution in [1.29, 1.82) is 0 Å². The van der Waals surface area contributed by atoms with E-state index in [1.54, 1.807) is 13.8 Å². The molecule has 132 valence electrons. The van der Waals surface area contributed by atoms with Crippen LogP contribution in [0.5, 0.6) is 11.5 Å². The van der Waals surface area contributed by atoms with Gasteiger partial charge in [0.25, 0.3) is 0 Å². The zero-order valence-electron chi connectivity index (χ0n) is 14.4. The highest BCUT2D eigenvalue weighted by Crippen LogP contribution is 2.30. The number of rotatable bonds is 7. The summed E-state index contributed by atoms with van der Waals surface area (Å²) in [4.78, 5) is 24.6. The number of carbonyl (C=O) groups excluding carboxylic acids is 2. The van der Waals surface area contributed by atoms with Crippen molar-refractivity contribution in [3.8, 4) is 11.5 Å². The fourth-order valence-corrected chi connectivity index (χ4v) is 1.68. The van der Waals surface area contributed by atoms with Gasteiger partial charge in [0.05, 0.1) is 12.2 Å². The van der Waals surface area contributed by atoms with Crippen LogP contribution in [0.15, 0.2) is 23.8 Å². The van der Waals surface area contributed by atoms with Crippen molar-refractivity contribution in [2.24, 2.45) is 0 Å². The Hall–Kier alpha value is -2.50. The Bertz CT molecular complexity index is 594. The molecule has 0 aliphatic heterocycles. The van der Waals surface area contributed by atoms with Crippen LogP contribution in [0.3, 0.4) is 0 Å². The summed E-state index contributed by atoms with van der Waals surface area (Å²) in [6, 6.07) is 4.24. The lowest BCUT2D eigenvalue weighted by Crippen LogP contribution is -2.24. The molecule has 0 spiro atoms. The minimum Gasteiger partial charge on any atom is -0.504 e. The molecule has 1 rings (SSSR count). The van der Waals surface area contributed by atoms with E-state index in [-0.39, 0.29) is 29.1 Å². The van der Waals surface area contributed by atoms with Crippen molar-refractivity contribution in [3.63, 3.8) is 0 Å². The Balaban J connectivity index is 3.21. The highest BCUT2D eigenvalue weighted by molar-refractivity contribution is 6.18. The minimum atomic E-state index is -0.833. The van der Waals surface area contributed by atoms with Crippen molar-refractivity contribution in [2.45, 2.75) is 52.7 Å². The van der Waals surface area contributed by atoms with E-state index in [1.165, 1.54) is 18.2 Å². The molecule has 0 bridgehead atoms. The molecule has 6 nitrogen and oxygen atoms in total. The number of phenols is 2. The number of para-hydroxylation sites is 1. The smallest absolute Gasteiger partial charge is 0.345 e. The molecule has 0 aromatic heterocycles. The third-order valence-electron chi connectivity index (χ3n) is 3.55. The molecule has 2 N–H and O–H groups in total. The van der Waals surface area contributed by atoms with E-state index in [4.69, 9.17) is 9.47 Å². The molecule has 0 fully saturated rings. The molecule has 0 aliphatic carbocycles. The Labute approximate surface area is 141 Å². The summed E-state index contributed by atoms with van der Waals surface area (Å²) in [6.07, 6.45) is 1.61. The van der Waals surface area contributed by atoms with Crippen LogP contribution in [-0.4, -0.2) is 34.4 Å². The van der Waals surface area contributed by atoms with Gasteiger partial charge in [-0.25, -0.2) is 9.59 Å². The summed E-state index contributed by atoms with van der Waals surface area (Å²) in [6.45, 7) is 7.11. The van der Waals surface area contributed by atoms with Gasteiger partial charge in [-0.2, -0.15) is 0 Å². The molecular weight excluding hydrogens is 312 g/mol. The van der Waals surface area contributed by atoms with E-state index < -0.39 is 17.7 Å². The maximum absolute atomic E-state index is 12.3. The molecule has 1 aromatic carbocycles.